The van der Waals surface area contributed by atoms with E-state index >= 15 is 0 Å². The number of thiol groups is 1. The van der Waals surface area contributed by atoms with Gasteiger partial charge in [0.15, 0.2) is 16.5 Å². The second kappa shape index (κ2) is 9.15. The van der Waals surface area contributed by atoms with Crippen LogP contribution >= 0.6 is 35.8 Å². The smallest absolute Gasteiger partial charge is 0.278 e. The minimum absolute atomic E-state index is 0.00702. The normalized spacial score (nSPS) is 18.4. The molecule has 1 atom stereocenters. The first-order valence-electron chi connectivity index (χ1n) is 9.70. The van der Waals surface area contributed by atoms with Crippen LogP contribution in [0.3, 0.4) is 0 Å². The Bertz CT molecular complexity index is 1180. The van der Waals surface area contributed by atoms with Crippen molar-refractivity contribution >= 4 is 47.5 Å². The molecule has 1 N–H and O–H groups in total. The van der Waals surface area contributed by atoms with Crippen LogP contribution in [-0.4, -0.2) is 40.2 Å². The predicted octanol–water partition coefficient (Wildman–Crippen LogP) is 4.55. The Kier molecular flexibility index (Phi) is 6.48. The van der Waals surface area contributed by atoms with Crippen molar-refractivity contribution < 1.29 is 19.1 Å². The number of hydrogen-bond acceptors (Lipinski definition) is 6. The van der Waals surface area contributed by atoms with Crippen molar-refractivity contribution in [1.82, 2.24) is 15.1 Å². The molecule has 2 aromatic carbocycles. The number of nitrogens with zero attached hydrogens (tertiary/aromatic N) is 2. The Hall–Kier alpha value is -2.52. The summed E-state index contributed by atoms with van der Waals surface area (Å²) in [7, 11) is 1.45. The lowest BCUT2D eigenvalue weighted by molar-refractivity contribution is -0.131. The maximum Gasteiger partial charge on any atom is 0.278 e. The van der Waals surface area contributed by atoms with E-state index in [2.05, 4.69) is 23.0 Å². The van der Waals surface area contributed by atoms with Gasteiger partial charge in [0.2, 0.25) is 0 Å². The number of halogens is 2. The summed E-state index contributed by atoms with van der Waals surface area (Å²) in [5.41, 5.74) is 1.77. The topological polar surface area (TPSA) is 82.4 Å². The van der Waals surface area contributed by atoms with Crippen molar-refractivity contribution in [2.75, 3.05) is 13.7 Å². The van der Waals surface area contributed by atoms with Gasteiger partial charge in [-0.1, -0.05) is 47.5 Å². The maximum atomic E-state index is 13.2. The Morgan fingerprint density at radius 1 is 1.22 bits per heavy atom. The number of para-hydroxylation sites is 1. The lowest BCUT2D eigenvalue weighted by Gasteiger charge is -2.32. The van der Waals surface area contributed by atoms with Crippen LogP contribution < -0.4 is 10.1 Å². The van der Waals surface area contributed by atoms with E-state index in [4.69, 9.17) is 32.7 Å². The van der Waals surface area contributed by atoms with E-state index < -0.39 is 11.0 Å². The van der Waals surface area contributed by atoms with Crippen molar-refractivity contribution in [3.05, 3.63) is 64.3 Å². The van der Waals surface area contributed by atoms with E-state index in [0.29, 0.717) is 27.0 Å². The summed E-state index contributed by atoms with van der Waals surface area (Å²) in [6.45, 7) is 0.170. The van der Waals surface area contributed by atoms with Crippen molar-refractivity contribution in [3.63, 3.8) is 0 Å². The molecule has 0 aliphatic carbocycles. The predicted molar refractivity (Wildman–Crippen MR) is 125 cm³/mol. The van der Waals surface area contributed by atoms with Crippen LogP contribution in [0.4, 0.5) is 0 Å². The Morgan fingerprint density at radius 3 is 2.59 bits per heavy atom. The van der Waals surface area contributed by atoms with Crippen LogP contribution in [0.25, 0.3) is 16.9 Å². The van der Waals surface area contributed by atoms with Crippen molar-refractivity contribution in [2.24, 2.45) is 0 Å². The first-order valence-corrected chi connectivity index (χ1v) is 10.9. The molecule has 0 bridgehead atoms. The third-order valence-electron chi connectivity index (χ3n) is 4.93. The number of rotatable bonds is 5. The van der Waals surface area contributed by atoms with Crippen LogP contribution in [-0.2, 0) is 9.53 Å². The third-order valence-corrected chi connectivity index (χ3v) is 5.90. The number of Topliss-reactive ketones (excluding diaryl/α,β-unsaturated/α-hetero) is 1. The van der Waals surface area contributed by atoms with E-state index in [-0.39, 0.29) is 36.7 Å². The number of nitrogens with one attached hydrogen (secondary N) is 1. The molecular formula is C22H19Cl2N3O4S. The fourth-order valence-corrected chi connectivity index (χ4v) is 4.17. The molecule has 0 radical (unpaired) electrons. The van der Waals surface area contributed by atoms with Crippen LogP contribution in [0.5, 0.6) is 5.75 Å². The lowest BCUT2D eigenvalue weighted by Crippen LogP contribution is -2.50. The standard InChI is InChI=1S/C22H19Cl2N3O4S/c1-30-20-18(21(29)25-22(32)12-15(28)10-11-31-22)26-27(17-5-3-2-4-16(17)24)19(20)13-6-8-14(23)9-7-13/h2-9,32H,10-12H2,1H3,(H,25,29). The van der Waals surface area contributed by atoms with Gasteiger partial charge in [-0.15, -0.1) is 12.6 Å². The minimum atomic E-state index is -1.42. The lowest BCUT2D eigenvalue weighted by atomic mass is 10.1. The van der Waals surface area contributed by atoms with Gasteiger partial charge in [-0.25, -0.2) is 4.68 Å². The van der Waals surface area contributed by atoms with Gasteiger partial charge in [0.05, 0.1) is 30.8 Å². The number of benzene rings is 2. The summed E-state index contributed by atoms with van der Waals surface area (Å²) in [5, 5.41) is 6.74. The van der Waals surface area contributed by atoms with E-state index in [0.717, 1.165) is 0 Å². The molecule has 7 nitrogen and oxygen atoms in total. The Labute approximate surface area is 200 Å². The molecule has 2 heterocycles. The quantitative estimate of drug-likeness (QED) is 0.404. The van der Waals surface area contributed by atoms with Crippen LogP contribution in [0.1, 0.15) is 23.3 Å². The summed E-state index contributed by atoms with van der Waals surface area (Å²) in [4.78, 5) is 25.1. The highest BCUT2D eigenvalue weighted by Crippen LogP contribution is 2.38. The van der Waals surface area contributed by atoms with E-state index in [1.165, 1.54) is 11.8 Å². The van der Waals surface area contributed by atoms with Gasteiger partial charge in [0.25, 0.3) is 5.91 Å². The van der Waals surface area contributed by atoms with Gasteiger partial charge in [-0.3, -0.25) is 9.59 Å². The number of methoxy groups -OCH3 is 1. The Morgan fingerprint density at radius 2 is 1.94 bits per heavy atom. The fourth-order valence-electron chi connectivity index (χ4n) is 3.46. The first-order chi connectivity index (χ1) is 15.3. The van der Waals surface area contributed by atoms with Gasteiger partial charge in [-0.2, -0.15) is 5.10 Å². The largest absolute Gasteiger partial charge is 0.492 e. The summed E-state index contributed by atoms with van der Waals surface area (Å²) in [6, 6.07) is 14.1. The molecule has 1 aliphatic rings. The molecule has 0 saturated carbocycles. The van der Waals surface area contributed by atoms with Crippen LogP contribution in [0, 0.1) is 0 Å². The second-order valence-electron chi connectivity index (χ2n) is 7.15. The molecule has 1 amide bonds. The third kappa shape index (κ3) is 4.49. The van der Waals surface area contributed by atoms with Gasteiger partial charge >= 0.3 is 0 Å². The molecule has 1 fully saturated rings. The molecule has 1 aliphatic heterocycles. The summed E-state index contributed by atoms with van der Waals surface area (Å²) < 4.78 is 12.7. The van der Waals surface area contributed by atoms with E-state index in [1.54, 1.807) is 42.5 Å². The number of ether oxygens (including phenoxy) is 2. The van der Waals surface area contributed by atoms with E-state index in [1.807, 2.05) is 6.07 Å². The zero-order valence-electron chi connectivity index (χ0n) is 17.0. The zero-order valence-corrected chi connectivity index (χ0v) is 19.4. The Balaban J connectivity index is 1.84. The minimum Gasteiger partial charge on any atom is -0.492 e. The van der Waals surface area contributed by atoms with Gasteiger partial charge in [0, 0.05) is 17.0 Å². The number of hydrogen-bond donors (Lipinski definition) is 2. The van der Waals surface area contributed by atoms with Gasteiger partial charge in [0.1, 0.15) is 11.5 Å². The fraction of sp³-hybridized carbons (Fsp3) is 0.227. The zero-order chi connectivity index (χ0) is 22.9. The van der Waals surface area contributed by atoms with Crippen molar-refractivity contribution in [2.45, 2.75) is 17.9 Å². The molecule has 4 rings (SSSR count). The maximum absolute atomic E-state index is 13.2. The number of carbonyl (C=O) groups excluding carboxylic acids is 2. The highest BCUT2D eigenvalue weighted by Gasteiger charge is 2.37. The highest BCUT2D eigenvalue weighted by atomic mass is 35.5. The monoisotopic (exact) mass is 491 g/mol. The second-order valence-corrected chi connectivity index (χ2v) is 8.72. The summed E-state index contributed by atoms with van der Waals surface area (Å²) in [6.07, 6.45) is 0.225. The molecule has 0 spiro atoms. The molecule has 3 aromatic rings. The molecule has 1 unspecified atom stereocenters. The average Bonchev–Trinajstić information content (AvgIpc) is 3.13. The van der Waals surface area contributed by atoms with Gasteiger partial charge < -0.3 is 14.8 Å². The SMILES string of the molecule is COc1c(C(=O)NC2(S)CC(=O)CCO2)nn(-c2ccccc2Cl)c1-c1ccc(Cl)cc1. The molecule has 1 saturated heterocycles. The molecule has 1 aromatic heterocycles. The van der Waals surface area contributed by atoms with Crippen molar-refractivity contribution in [3.8, 4) is 22.7 Å². The van der Waals surface area contributed by atoms with Crippen LogP contribution in [0.2, 0.25) is 10.0 Å². The average molecular weight is 492 g/mol. The number of ketones is 1. The molecular weight excluding hydrogens is 473 g/mol. The molecule has 166 valence electrons. The number of amides is 1. The van der Waals surface area contributed by atoms with Gasteiger partial charge in [-0.05, 0) is 24.3 Å². The number of carbonyl (C=O) groups is 2. The molecule has 10 heteroatoms. The number of aromatic nitrogens is 2. The molecule has 32 heavy (non-hydrogen) atoms. The first kappa shape index (κ1) is 22.7. The summed E-state index contributed by atoms with van der Waals surface area (Å²) in [5.74, 6) is -0.432. The summed E-state index contributed by atoms with van der Waals surface area (Å²) >= 11 is 16.9. The van der Waals surface area contributed by atoms with E-state index in [9.17, 15) is 9.59 Å². The highest BCUT2D eigenvalue weighted by molar-refractivity contribution is 7.81. The van der Waals surface area contributed by atoms with Crippen LogP contribution in [0.15, 0.2) is 48.5 Å². The van der Waals surface area contributed by atoms with Crippen molar-refractivity contribution in [1.29, 1.82) is 0 Å².